The maximum absolute atomic E-state index is 5.90. The van der Waals surface area contributed by atoms with Crippen LogP contribution in [0.1, 0.15) is 17.2 Å². The van der Waals surface area contributed by atoms with Gasteiger partial charge in [0.1, 0.15) is 6.10 Å². The van der Waals surface area contributed by atoms with E-state index in [0.29, 0.717) is 0 Å². The quantitative estimate of drug-likeness (QED) is 0.811. The second-order valence-corrected chi connectivity index (χ2v) is 5.05. The zero-order chi connectivity index (χ0) is 13.1. The van der Waals surface area contributed by atoms with Gasteiger partial charge in [0, 0.05) is 18.8 Å². The van der Waals surface area contributed by atoms with Gasteiger partial charge in [0.15, 0.2) is 0 Å². The number of morpholine rings is 1. The molecule has 0 unspecified atom stereocenters. The molecule has 1 saturated heterocycles. The van der Waals surface area contributed by atoms with Crippen molar-refractivity contribution in [2.24, 2.45) is 0 Å². The molecule has 0 bridgehead atoms. The second kappa shape index (κ2) is 5.45. The predicted molar refractivity (Wildman–Crippen MR) is 78.5 cm³/mol. The van der Waals surface area contributed by atoms with E-state index < -0.39 is 0 Å². The van der Waals surface area contributed by atoms with E-state index in [9.17, 15) is 0 Å². The van der Waals surface area contributed by atoms with Gasteiger partial charge in [-0.15, -0.1) is 0 Å². The summed E-state index contributed by atoms with van der Waals surface area (Å²) in [6.07, 6.45) is 0.177. The molecule has 1 atom stereocenters. The summed E-state index contributed by atoms with van der Waals surface area (Å²) in [4.78, 5) is 2.40. The van der Waals surface area contributed by atoms with Gasteiger partial charge in [0.05, 0.1) is 6.61 Å². The van der Waals surface area contributed by atoms with Gasteiger partial charge in [-0.25, -0.2) is 0 Å². The Bertz CT molecular complexity index is 521. The molecule has 0 spiro atoms. The Balaban J connectivity index is 1.76. The minimum Gasteiger partial charge on any atom is -0.370 e. The number of benzene rings is 2. The van der Waals surface area contributed by atoms with Gasteiger partial charge in [-0.05, 0) is 24.6 Å². The Morgan fingerprint density at radius 1 is 1.00 bits per heavy atom. The molecule has 98 valence electrons. The minimum absolute atomic E-state index is 0.177. The van der Waals surface area contributed by atoms with Crippen molar-refractivity contribution < 1.29 is 4.74 Å². The summed E-state index contributed by atoms with van der Waals surface area (Å²) >= 11 is 0. The molecule has 2 heteroatoms. The van der Waals surface area contributed by atoms with E-state index in [-0.39, 0.29) is 6.10 Å². The van der Waals surface area contributed by atoms with Crippen LogP contribution >= 0.6 is 0 Å². The summed E-state index contributed by atoms with van der Waals surface area (Å²) in [5.41, 5.74) is 3.85. The summed E-state index contributed by atoms with van der Waals surface area (Å²) in [5.74, 6) is 0. The Morgan fingerprint density at radius 3 is 2.47 bits per heavy atom. The average molecular weight is 253 g/mol. The van der Waals surface area contributed by atoms with Gasteiger partial charge in [-0.2, -0.15) is 0 Å². The van der Waals surface area contributed by atoms with Crippen LogP contribution in [0.25, 0.3) is 0 Å². The van der Waals surface area contributed by atoms with Crippen LogP contribution in [0.5, 0.6) is 0 Å². The fourth-order valence-corrected chi connectivity index (χ4v) is 2.51. The zero-order valence-electron chi connectivity index (χ0n) is 11.3. The highest BCUT2D eigenvalue weighted by molar-refractivity contribution is 5.48. The van der Waals surface area contributed by atoms with Crippen LogP contribution in [0.3, 0.4) is 0 Å². The topological polar surface area (TPSA) is 12.5 Å². The normalized spacial score (nSPS) is 19.4. The number of rotatable bonds is 2. The first-order valence-electron chi connectivity index (χ1n) is 6.81. The lowest BCUT2D eigenvalue weighted by Crippen LogP contribution is -2.38. The van der Waals surface area contributed by atoms with Crippen molar-refractivity contribution in [3.05, 3.63) is 65.7 Å². The first-order valence-corrected chi connectivity index (χ1v) is 6.81. The average Bonchev–Trinajstić information content (AvgIpc) is 2.49. The molecular formula is C17H19NO. The molecule has 3 rings (SSSR count). The summed E-state index contributed by atoms with van der Waals surface area (Å²) in [5, 5.41) is 0. The molecule has 0 saturated carbocycles. The molecule has 0 aliphatic carbocycles. The third kappa shape index (κ3) is 2.79. The van der Waals surface area contributed by atoms with Crippen LogP contribution in [0.15, 0.2) is 54.6 Å². The highest BCUT2D eigenvalue weighted by atomic mass is 16.5. The van der Waals surface area contributed by atoms with Gasteiger partial charge in [0.25, 0.3) is 0 Å². The maximum atomic E-state index is 5.90. The summed E-state index contributed by atoms with van der Waals surface area (Å²) in [6, 6.07) is 19.2. The number of aryl methyl sites for hydroxylation is 1. The second-order valence-electron chi connectivity index (χ2n) is 5.05. The van der Waals surface area contributed by atoms with Crippen molar-refractivity contribution in [1.29, 1.82) is 0 Å². The first kappa shape index (κ1) is 12.2. The molecule has 1 heterocycles. The monoisotopic (exact) mass is 253 g/mol. The maximum Gasteiger partial charge on any atom is 0.100 e. The van der Waals surface area contributed by atoms with Crippen molar-refractivity contribution in [3.63, 3.8) is 0 Å². The van der Waals surface area contributed by atoms with Gasteiger partial charge < -0.3 is 9.64 Å². The smallest absolute Gasteiger partial charge is 0.100 e. The Morgan fingerprint density at radius 2 is 1.74 bits per heavy atom. The number of hydrogen-bond donors (Lipinski definition) is 0. The summed E-state index contributed by atoms with van der Waals surface area (Å²) in [7, 11) is 0. The van der Waals surface area contributed by atoms with Crippen molar-refractivity contribution in [3.8, 4) is 0 Å². The summed E-state index contributed by atoms with van der Waals surface area (Å²) < 4.78 is 5.90. The van der Waals surface area contributed by atoms with Crippen LogP contribution in [0.4, 0.5) is 5.69 Å². The Kier molecular flexibility index (Phi) is 3.51. The first-order chi connectivity index (χ1) is 9.33. The molecule has 2 nitrogen and oxygen atoms in total. The molecule has 2 aromatic carbocycles. The largest absolute Gasteiger partial charge is 0.370 e. The van der Waals surface area contributed by atoms with Crippen molar-refractivity contribution in [1.82, 2.24) is 0 Å². The van der Waals surface area contributed by atoms with E-state index >= 15 is 0 Å². The molecule has 1 aliphatic rings. The lowest BCUT2D eigenvalue weighted by atomic mass is 10.1. The number of nitrogens with zero attached hydrogens (tertiary/aromatic N) is 1. The van der Waals surface area contributed by atoms with E-state index in [0.717, 1.165) is 19.7 Å². The highest BCUT2D eigenvalue weighted by Crippen LogP contribution is 2.26. The Hall–Kier alpha value is -1.80. The van der Waals surface area contributed by atoms with Crippen molar-refractivity contribution in [2.75, 3.05) is 24.6 Å². The summed E-state index contributed by atoms with van der Waals surface area (Å²) in [6.45, 7) is 4.79. The number of anilines is 1. The van der Waals surface area contributed by atoms with E-state index in [4.69, 9.17) is 4.74 Å². The third-order valence-electron chi connectivity index (χ3n) is 3.64. The highest BCUT2D eigenvalue weighted by Gasteiger charge is 2.21. The fraction of sp³-hybridized carbons (Fsp3) is 0.294. The van der Waals surface area contributed by atoms with Crippen LogP contribution in [-0.2, 0) is 4.74 Å². The van der Waals surface area contributed by atoms with E-state index in [1.807, 2.05) is 6.07 Å². The van der Waals surface area contributed by atoms with Crippen molar-refractivity contribution in [2.45, 2.75) is 13.0 Å². The van der Waals surface area contributed by atoms with Gasteiger partial charge in [-0.3, -0.25) is 0 Å². The number of hydrogen-bond acceptors (Lipinski definition) is 2. The van der Waals surface area contributed by atoms with Crippen LogP contribution in [0, 0.1) is 6.92 Å². The van der Waals surface area contributed by atoms with E-state index in [1.54, 1.807) is 0 Å². The molecule has 2 aromatic rings. The molecule has 0 aromatic heterocycles. The van der Waals surface area contributed by atoms with Gasteiger partial charge in [0.2, 0.25) is 0 Å². The molecule has 1 aliphatic heterocycles. The van der Waals surface area contributed by atoms with Crippen LogP contribution in [-0.4, -0.2) is 19.7 Å². The van der Waals surface area contributed by atoms with Gasteiger partial charge in [-0.1, -0.05) is 48.0 Å². The number of ether oxygens (including phenoxy) is 1. The van der Waals surface area contributed by atoms with E-state index in [2.05, 4.69) is 60.4 Å². The molecule has 0 radical (unpaired) electrons. The predicted octanol–water partition coefficient (Wildman–Crippen LogP) is 3.57. The van der Waals surface area contributed by atoms with E-state index in [1.165, 1.54) is 16.8 Å². The lowest BCUT2D eigenvalue weighted by molar-refractivity contribution is 0.0398. The molecular weight excluding hydrogens is 234 g/mol. The fourth-order valence-electron chi connectivity index (χ4n) is 2.51. The molecule has 0 amide bonds. The standard InChI is InChI=1S/C17H19NO/c1-14-7-9-16(10-8-14)18-11-12-19-17(13-18)15-5-3-2-4-6-15/h2-10,17H,11-13H2,1H3/t17-/m1/s1. The SMILES string of the molecule is Cc1ccc(N2CCO[C@@H](c3ccccc3)C2)cc1. The Labute approximate surface area is 114 Å². The van der Waals surface area contributed by atoms with Crippen molar-refractivity contribution >= 4 is 5.69 Å². The van der Waals surface area contributed by atoms with Gasteiger partial charge >= 0.3 is 0 Å². The minimum atomic E-state index is 0.177. The lowest BCUT2D eigenvalue weighted by Gasteiger charge is -2.34. The molecule has 1 fully saturated rings. The van der Waals surface area contributed by atoms with Crippen LogP contribution < -0.4 is 4.90 Å². The molecule has 19 heavy (non-hydrogen) atoms. The molecule has 0 N–H and O–H groups in total. The zero-order valence-corrected chi connectivity index (χ0v) is 11.3. The van der Waals surface area contributed by atoms with Crippen LogP contribution in [0.2, 0.25) is 0 Å². The third-order valence-corrected chi connectivity index (χ3v) is 3.64.